The monoisotopic (exact) mass is 200 g/mol. The van der Waals surface area contributed by atoms with Gasteiger partial charge in [-0.25, -0.2) is 4.79 Å². The lowest BCUT2D eigenvalue weighted by molar-refractivity contribution is 0.105. The lowest BCUT2D eigenvalue weighted by atomic mass is 10.3. The van der Waals surface area contributed by atoms with E-state index in [2.05, 4.69) is 4.74 Å². The Kier molecular flexibility index (Phi) is 4.12. The van der Waals surface area contributed by atoms with Gasteiger partial charge in [0.25, 0.3) is 0 Å². The molecule has 70 valence electrons. The lowest BCUT2D eigenvalue weighted by Crippen LogP contribution is -2.11. The van der Waals surface area contributed by atoms with Gasteiger partial charge in [0, 0.05) is 0 Å². The SMILES string of the molecule is O=C(OCCCl)Oc1ccccc1. The molecule has 0 aromatic heterocycles. The molecule has 0 N–H and O–H groups in total. The molecule has 0 aliphatic rings. The molecular weight excluding hydrogens is 192 g/mol. The Labute approximate surface area is 81.2 Å². The average molecular weight is 201 g/mol. The molecule has 0 atom stereocenters. The van der Waals surface area contributed by atoms with Crippen LogP contribution in [-0.2, 0) is 4.74 Å². The van der Waals surface area contributed by atoms with Crippen LogP contribution in [0.3, 0.4) is 0 Å². The van der Waals surface area contributed by atoms with Crippen molar-refractivity contribution in [2.24, 2.45) is 0 Å². The van der Waals surface area contributed by atoms with Gasteiger partial charge >= 0.3 is 6.16 Å². The minimum atomic E-state index is -0.730. The molecule has 0 bridgehead atoms. The first-order valence-corrected chi connectivity index (χ1v) is 4.32. The van der Waals surface area contributed by atoms with Crippen molar-refractivity contribution in [3.63, 3.8) is 0 Å². The standard InChI is InChI=1S/C9H9ClO3/c10-6-7-12-9(11)13-8-4-2-1-3-5-8/h1-5H,6-7H2. The molecule has 0 heterocycles. The van der Waals surface area contributed by atoms with Crippen LogP contribution >= 0.6 is 11.6 Å². The van der Waals surface area contributed by atoms with Crippen molar-refractivity contribution in [3.8, 4) is 5.75 Å². The fourth-order valence-corrected chi connectivity index (χ4v) is 0.813. The zero-order chi connectivity index (χ0) is 9.52. The summed E-state index contributed by atoms with van der Waals surface area (Å²) >= 11 is 5.32. The van der Waals surface area contributed by atoms with Crippen LogP contribution in [0, 0.1) is 0 Å². The Hall–Kier alpha value is -1.22. The number of para-hydroxylation sites is 1. The molecule has 0 aliphatic heterocycles. The maximum absolute atomic E-state index is 10.9. The number of carbonyl (C=O) groups is 1. The highest BCUT2D eigenvalue weighted by Crippen LogP contribution is 2.08. The normalized spacial score (nSPS) is 9.31. The lowest BCUT2D eigenvalue weighted by Gasteiger charge is -2.03. The van der Waals surface area contributed by atoms with Crippen LogP contribution in [0.5, 0.6) is 5.75 Å². The highest BCUT2D eigenvalue weighted by atomic mass is 35.5. The first-order valence-electron chi connectivity index (χ1n) is 3.78. The maximum Gasteiger partial charge on any atom is 0.513 e. The average Bonchev–Trinajstić information content (AvgIpc) is 2.16. The molecule has 0 saturated carbocycles. The summed E-state index contributed by atoms with van der Waals surface area (Å²) in [6, 6.07) is 8.70. The van der Waals surface area contributed by atoms with Gasteiger partial charge in [-0.1, -0.05) is 18.2 Å². The molecule has 1 rings (SSSR count). The number of carbonyl (C=O) groups excluding carboxylic acids is 1. The van der Waals surface area contributed by atoms with Crippen LogP contribution in [-0.4, -0.2) is 18.6 Å². The van der Waals surface area contributed by atoms with Crippen LogP contribution in [0.2, 0.25) is 0 Å². The quantitative estimate of drug-likeness (QED) is 0.427. The van der Waals surface area contributed by atoms with E-state index < -0.39 is 6.16 Å². The van der Waals surface area contributed by atoms with Gasteiger partial charge in [-0.3, -0.25) is 0 Å². The molecule has 4 heteroatoms. The summed E-state index contributed by atoms with van der Waals surface area (Å²) in [6.07, 6.45) is -0.730. The van der Waals surface area contributed by atoms with Crippen molar-refractivity contribution in [1.29, 1.82) is 0 Å². The van der Waals surface area contributed by atoms with E-state index in [0.717, 1.165) is 0 Å². The molecule has 0 amide bonds. The zero-order valence-electron chi connectivity index (χ0n) is 6.90. The Balaban J connectivity index is 2.37. The topological polar surface area (TPSA) is 35.5 Å². The highest BCUT2D eigenvalue weighted by molar-refractivity contribution is 6.18. The van der Waals surface area contributed by atoms with E-state index in [4.69, 9.17) is 16.3 Å². The number of hydrogen-bond acceptors (Lipinski definition) is 3. The number of rotatable bonds is 3. The fraction of sp³-hybridized carbons (Fsp3) is 0.222. The second kappa shape index (κ2) is 5.43. The zero-order valence-corrected chi connectivity index (χ0v) is 7.66. The van der Waals surface area contributed by atoms with E-state index in [0.29, 0.717) is 5.75 Å². The van der Waals surface area contributed by atoms with Gasteiger partial charge in [-0.05, 0) is 12.1 Å². The smallest absolute Gasteiger partial charge is 0.433 e. The number of ether oxygens (including phenoxy) is 2. The second-order valence-electron chi connectivity index (χ2n) is 2.20. The minimum absolute atomic E-state index is 0.160. The van der Waals surface area contributed by atoms with Gasteiger partial charge in [-0.2, -0.15) is 0 Å². The Bertz CT molecular complexity index is 261. The summed E-state index contributed by atoms with van der Waals surface area (Å²) < 4.78 is 9.40. The summed E-state index contributed by atoms with van der Waals surface area (Å²) in [5.74, 6) is 0.728. The van der Waals surface area contributed by atoms with Gasteiger partial charge in [-0.15, -0.1) is 11.6 Å². The summed E-state index contributed by atoms with van der Waals surface area (Å²) in [6.45, 7) is 0.160. The van der Waals surface area contributed by atoms with Gasteiger partial charge in [0.05, 0.1) is 5.88 Å². The molecule has 3 nitrogen and oxygen atoms in total. The molecule has 0 fully saturated rings. The summed E-state index contributed by atoms with van der Waals surface area (Å²) in [4.78, 5) is 10.9. The molecule has 0 radical (unpaired) electrons. The molecular formula is C9H9ClO3. The Morgan fingerprint density at radius 3 is 2.62 bits per heavy atom. The van der Waals surface area contributed by atoms with Crippen LogP contribution in [0.25, 0.3) is 0 Å². The highest BCUT2D eigenvalue weighted by Gasteiger charge is 2.03. The third-order valence-electron chi connectivity index (χ3n) is 1.24. The molecule has 13 heavy (non-hydrogen) atoms. The van der Waals surface area contributed by atoms with Crippen LogP contribution in [0.1, 0.15) is 0 Å². The van der Waals surface area contributed by atoms with E-state index in [1.807, 2.05) is 6.07 Å². The number of alkyl halides is 1. The van der Waals surface area contributed by atoms with E-state index in [1.54, 1.807) is 24.3 Å². The third kappa shape index (κ3) is 3.80. The first kappa shape index (κ1) is 9.86. The summed E-state index contributed by atoms with van der Waals surface area (Å²) in [5, 5.41) is 0. The Morgan fingerprint density at radius 2 is 2.00 bits per heavy atom. The number of benzene rings is 1. The largest absolute Gasteiger partial charge is 0.513 e. The second-order valence-corrected chi connectivity index (χ2v) is 2.58. The Morgan fingerprint density at radius 1 is 1.31 bits per heavy atom. The van der Waals surface area contributed by atoms with Crippen molar-refractivity contribution in [3.05, 3.63) is 30.3 Å². The van der Waals surface area contributed by atoms with E-state index in [9.17, 15) is 4.79 Å². The van der Waals surface area contributed by atoms with Crippen molar-refractivity contribution >= 4 is 17.8 Å². The van der Waals surface area contributed by atoms with E-state index in [1.165, 1.54) is 0 Å². The van der Waals surface area contributed by atoms with Gasteiger partial charge in [0.2, 0.25) is 0 Å². The molecule has 0 spiro atoms. The van der Waals surface area contributed by atoms with Crippen molar-refractivity contribution in [2.75, 3.05) is 12.5 Å². The predicted octanol–water partition coefficient (Wildman–Crippen LogP) is 2.44. The predicted molar refractivity (Wildman–Crippen MR) is 49.1 cm³/mol. The van der Waals surface area contributed by atoms with Gasteiger partial charge in [0.1, 0.15) is 12.4 Å². The minimum Gasteiger partial charge on any atom is -0.433 e. The number of halogens is 1. The van der Waals surface area contributed by atoms with Crippen LogP contribution in [0.4, 0.5) is 4.79 Å². The van der Waals surface area contributed by atoms with Crippen LogP contribution in [0.15, 0.2) is 30.3 Å². The van der Waals surface area contributed by atoms with E-state index in [-0.39, 0.29) is 12.5 Å². The summed E-state index contributed by atoms with van der Waals surface area (Å²) in [7, 11) is 0. The van der Waals surface area contributed by atoms with Crippen molar-refractivity contribution in [1.82, 2.24) is 0 Å². The molecule has 0 aliphatic carbocycles. The number of hydrogen-bond donors (Lipinski definition) is 0. The fourth-order valence-electron chi connectivity index (χ4n) is 0.736. The van der Waals surface area contributed by atoms with Gasteiger partial charge in [0.15, 0.2) is 0 Å². The van der Waals surface area contributed by atoms with Crippen molar-refractivity contribution in [2.45, 2.75) is 0 Å². The molecule has 0 saturated heterocycles. The van der Waals surface area contributed by atoms with E-state index >= 15 is 0 Å². The maximum atomic E-state index is 10.9. The first-order chi connectivity index (χ1) is 6.33. The molecule has 0 unspecified atom stereocenters. The molecule has 1 aromatic rings. The molecule has 1 aromatic carbocycles. The summed E-state index contributed by atoms with van der Waals surface area (Å²) in [5.41, 5.74) is 0. The van der Waals surface area contributed by atoms with Crippen LogP contribution < -0.4 is 4.74 Å². The third-order valence-corrected chi connectivity index (χ3v) is 1.40. The van der Waals surface area contributed by atoms with Gasteiger partial charge < -0.3 is 9.47 Å². The van der Waals surface area contributed by atoms with Crippen molar-refractivity contribution < 1.29 is 14.3 Å².